The van der Waals surface area contributed by atoms with Gasteiger partial charge in [0.1, 0.15) is 5.65 Å². The minimum atomic E-state index is -0.575. The molecule has 0 atom stereocenters. The molecule has 7 nitrogen and oxygen atoms in total. The zero-order chi connectivity index (χ0) is 18.1. The number of carbonyl (C=O) groups is 1. The van der Waals surface area contributed by atoms with E-state index in [2.05, 4.69) is 15.3 Å². The first-order chi connectivity index (χ1) is 12.6. The number of benzene rings is 1. The fraction of sp³-hybridized carbons (Fsp3) is 0.167. The van der Waals surface area contributed by atoms with Crippen molar-refractivity contribution in [1.29, 1.82) is 5.26 Å². The van der Waals surface area contributed by atoms with Crippen LogP contribution in [0.5, 0.6) is 0 Å². The van der Waals surface area contributed by atoms with Crippen molar-refractivity contribution in [2.75, 3.05) is 11.9 Å². The monoisotopic (exact) mass is 367 g/mol. The van der Waals surface area contributed by atoms with Gasteiger partial charge in [-0.25, -0.2) is 9.78 Å². The molecule has 0 radical (unpaired) electrons. The van der Waals surface area contributed by atoms with Gasteiger partial charge in [0, 0.05) is 35.9 Å². The van der Waals surface area contributed by atoms with Crippen molar-refractivity contribution >= 4 is 34.4 Å². The van der Waals surface area contributed by atoms with Gasteiger partial charge in [-0.2, -0.15) is 5.26 Å². The van der Waals surface area contributed by atoms with Crippen molar-refractivity contribution in [2.24, 2.45) is 0 Å². The number of rotatable bonds is 2. The van der Waals surface area contributed by atoms with Crippen LogP contribution < -0.4 is 5.32 Å². The summed E-state index contributed by atoms with van der Waals surface area (Å²) < 4.78 is 0. The lowest BCUT2D eigenvalue weighted by atomic mass is 10.1. The summed E-state index contributed by atoms with van der Waals surface area (Å²) in [5, 5.41) is 14.6. The van der Waals surface area contributed by atoms with Crippen molar-refractivity contribution in [3.8, 4) is 6.07 Å². The van der Waals surface area contributed by atoms with Crippen molar-refractivity contribution in [3.05, 3.63) is 58.4 Å². The molecule has 1 aliphatic rings. The Morgan fingerprint density at radius 3 is 2.96 bits per heavy atom. The number of aromatic nitrogens is 2. The first-order valence-corrected chi connectivity index (χ1v) is 8.39. The van der Waals surface area contributed by atoms with E-state index in [0.29, 0.717) is 35.8 Å². The van der Waals surface area contributed by atoms with Crippen LogP contribution in [0, 0.1) is 11.3 Å². The van der Waals surface area contributed by atoms with Gasteiger partial charge in [0.05, 0.1) is 23.2 Å². The van der Waals surface area contributed by atoms with E-state index in [1.165, 1.54) is 0 Å². The molecule has 0 fully saturated rings. The molecule has 130 valence electrons. The van der Waals surface area contributed by atoms with Crippen LogP contribution in [0.4, 0.5) is 10.5 Å². The summed E-state index contributed by atoms with van der Waals surface area (Å²) in [6.45, 7) is 1.03. The maximum absolute atomic E-state index is 12.1. The fourth-order valence-corrected chi connectivity index (χ4v) is 3.16. The molecule has 3 heterocycles. The van der Waals surface area contributed by atoms with Gasteiger partial charge in [-0.3, -0.25) is 5.32 Å². The SMILES string of the molecule is N#Cc1ccc(NC(=O)ON2CCc3[nH]c4ncc(Cl)cc4c3C2)cc1. The molecule has 0 saturated carbocycles. The average molecular weight is 368 g/mol. The van der Waals surface area contributed by atoms with E-state index in [1.54, 1.807) is 35.5 Å². The molecular formula is C18H14ClN5O2. The van der Waals surface area contributed by atoms with Gasteiger partial charge in [-0.15, -0.1) is 5.06 Å². The molecule has 0 unspecified atom stereocenters. The third-order valence-corrected chi connectivity index (χ3v) is 4.44. The molecule has 1 aromatic carbocycles. The Labute approximate surface area is 154 Å². The Morgan fingerprint density at radius 1 is 1.38 bits per heavy atom. The predicted molar refractivity (Wildman–Crippen MR) is 96.5 cm³/mol. The van der Waals surface area contributed by atoms with Crippen LogP contribution in [0.15, 0.2) is 36.5 Å². The third kappa shape index (κ3) is 3.20. The largest absolute Gasteiger partial charge is 0.430 e. The second-order valence-electron chi connectivity index (χ2n) is 5.94. The van der Waals surface area contributed by atoms with Gasteiger partial charge in [0.15, 0.2) is 0 Å². The van der Waals surface area contributed by atoms with E-state index in [9.17, 15) is 4.79 Å². The van der Waals surface area contributed by atoms with Gasteiger partial charge < -0.3 is 9.82 Å². The number of aromatic amines is 1. The van der Waals surface area contributed by atoms with Crippen LogP contribution in [0.1, 0.15) is 16.8 Å². The Balaban J connectivity index is 1.45. The highest BCUT2D eigenvalue weighted by Crippen LogP contribution is 2.28. The number of H-pyrrole nitrogens is 1. The van der Waals surface area contributed by atoms with E-state index < -0.39 is 6.09 Å². The van der Waals surface area contributed by atoms with Crippen LogP contribution in [-0.4, -0.2) is 27.7 Å². The van der Waals surface area contributed by atoms with Gasteiger partial charge in [-0.05, 0) is 35.9 Å². The van der Waals surface area contributed by atoms with Gasteiger partial charge in [-0.1, -0.05) is 11.6 Å². The number of hydrogen-bond acceptors (Lipinski definition) is 5. The molecule has 26 heavy (non-hydrogen) atoms. The molecular weight excluding hydrogens is 354 g/mol. The fourth-order valence-electron chi connectivity index (χ4n) is 3.00. The summed E-state index contributed by atoms with van der Waals surface area (Å²) in [6.07, 6.45) is 1.74. The number of amides is 1. The van der Waals surface area contributed by atoms with Crippen LogP contribution in [0.25, 0.3) is 11.0 Å². The van der Waals surface area contributed by atoms with Crippen molar-refractivity contribution in [1.82, 2.24) is 15.0 Å². The molecule has 8 heteroatoms. The van der Waals surface area contributed by atoms with Crippen LogP contribution in [0.2, 0.25) is 5.02 Å². The Morgan fingerprint density at radius 2 is 2.19 bits per heavy atom. The van der Waals surface area contributed by atoms with Gasteiger partial charge in [0.25, 0.3) is 0 Å². The van der Waals surface area contributed by atoms with E-state index in [0.717, 1.165) is 22.3 Å². The van der Waals surface area contributed by atoms with Crippen LogP contribution in [0.3, 0.4) is 0 Å². The molecule has 1 aliphatic heterocycles. The minimum Gasteiger partial charge on any atom is -0.350 e. The van der Waals surface area contributed by atoms with Crippen molar-refractivity contribution in [3.63, 3.8) is 0 Å². The summed E-state index contributed by atoms with van der Waals surface area (Å²) in [6, 6.07) is 10.5. The summed E-state index contributed by atoms with van der Waals surface area (Å²) >= 11 is 6.05. The number of fused-ring (bicyclic) bond motifs is 3. The number of carbonyl (C=O) groups excluding carboxylic acids is 1. The van der Waals surface area contributed by atoms with E-state index in [-0.39, 0.29) is 0 Å². The standard InChI is InChI=1S/C18H14ClN5O2/c19-12-7-14-15-10-24(6-5-16(15)23-17(14)21-9-12)26-18(25)22-13-3-1-11(8-20)2-4-13/h1-4,7,9H,5-6,10H2,(H,21,23)(H,22,25). The van der Waals surface area contributed by atoms with Gasteiger partial charge >= 0.3 is 6.09 Å². The van der Waals surface area contributed by atoms with E-state index in [1.807, 2.05) is 12.1 Å². The highest BCUT2D eigenvalue weighted by atomic mass is 35.5. The average Bonchev–Trinajstić information content (AvgIpc) is 2.99. The maximum atomic E-state index is 12.1. The predicted octanol–water partition coefficient (Wildman–Crippen LogP) is 3.61. The van der Waals surface area contributed by atoms with Crippen LogP contribution in [-0.2, 0) is 17.8 Å². The van der Waals surface area contributed by atoms with Crippen molar-refractivity contribution in [2.45, 2.75) is 13.0 Å². The number of halogens is 1. The lowest BCUT2D eigenvalue weighted by Crippen LogP contribution is -2.34. The number of nitrogens with one attached hydrogen (secondary N) is 2. The second kappa shape index (κ2) is 6.67. The number of anilines is 1. The maximum Gasteiger partial charge on any atom is 0.430 e. The molecule has 1 amide bonds. The highest BCUT2D eigenvalue weighted by Gasteiger charge is 2.24. The third-order valence-electron chi connectivity index (χ3n) is 4.23. The zero-order valence-electron chi connectivity index (χ0n) is 13.6. The summed E-state index contributed by atoms with van der Waals surface area (Å²) in [4.78, 5) is 25.1. The number of pyridine rings is 1. The Hall–Kier alpha value is -3.08. The number of hydroxylamine groups is 2. The second-order valence-corrected chi connectivity index (χ2v) is 6.37. The number of hydrogen-bond donors (Lipinski definition) is 2. The molecule has 4 rings (SSSR count). The molecule has 0 bridgehead atoms. The summed E-state index contributed by atoms with van der Waals surface area (Å²) in [5.74, 6) is 0. The molecule has 2 N–H and O–H groups in total. The lowest BCUT2D eigenvalue weighted by Gasteiger charge is -2.25. The normalized spacial score (nSPS) is 13.8. The van der Waals surface area contributed by atoms with E-state index >= 15 is 0 Å². The first kappa shape index (κ1) is 16.4. The van der Waals surface area contributed by atoms with Crippen molar-refractivity contribution < 1.29 is 9.63 Å². The smallest absolute Gasteiger partial charge is 0.350 e. The summed E-state index contributed by atoms with van der Waals surface area (Å²) in [5.41, 5.74) is 3.99. The zero-order valence-corrected chi connectivity index (χ0v) is 14.4. The molecule has 0 aliphatic carbocycles. The molecule has 3 aromatic rings. The lowest BCUT2D eigenvalue weighted by molar-refractivity contribution is -0.105. The number of nitriles is 1. The summed E-state index contributed by atoms with van der Waals surface area (Å²) in [7, 11) is 0. The highest BCUT2D eigenvalue weighted by molar-refractivity contribution is 6.31. The molecule has 0 spiro atoms. The van der Waals surface area contributed by atoms with Crippen LogP contribution >= 0.6 is 11.6 Å². The minimum absolute atomic E-state index is 0.456. The topological polar surface area (TPSA) is 94.0 Å². The Bertz CT molecular complexity index is 1020. The first-order valence-electron chi connectivity index (χ1n) is 8.01. The van der Waals surface area contributed by atoms with Gasteiger partial charge in [0.2, 0.25) is 0 Å². The van der Waals surface area contributed by atoms with E-state index in [4.69, 9.17) is 21.7 Å². The quantitative estimate of drug-likeness (QED) is 0.721. The molecule has 2 aromatic heterocycles. The Kier molecular flexibility index (Phi) is 4.21. The number of nitrogens with zero attached hydrogens (tertiary/aromatic N) is 3. The molecule has 0 saturated heterocycles.